The highest BCUT2D eigenvalue weighted by molar-refractivity contribution is 5.98. The summed E-state index contributed by atoms with van der Waals surface area (Å²) in [5, 5.41) is 5.28. The fourth-order valence-electron chi connectivity index (χ4n) is 2.63. The zero-order valence-corrected chi connectivity index (χ0v) is 17.4. The molecule has 0 aliphatic carbocycles. The molecule has 8 heteroatoms. The predicted molar refractivity (Wildman–Crippen MR) is 112 cm³/mol. The molecule has 0 heterocycles. The molecule has 2 amide bonds. The molecule has 8 nitrogen and oxygen atoms in total. The van der Waals surface area contributed by atoms with Gasteiger partial charge < -0.3 is 24.8 Å². The van der Waals surface area contributed by atoms with Crippen molar-refractivity contribution in [2.24, 2.45) is 5.92 Å². The first kappa shape index (κ1) is 22.7. The van der Waals surface area contributed by atoms with Crippen LogP contribution in [0.3, 0.4) is 0 Å². The summed E-state index contributed by atoms with van der Waals surface area (Å²) in [5.74, 6) is -0.765. The zero-order valence-electron chi connectivity index (χ0n) is 17.4. The van der Waals surface area contributed by atoms with Crippen molar-refractivity contribution >= 4 is 23.5 Å². The average Bonchev–Trinajstić information content (AvgIpc) is 2.75. The summed E-state index contributed by atoms with van der Waals surface area (Å²) in [7, 11) is 3.02. The Morgan fingerprint density at radius 1 is 0.933 bits per heavy atom. The monoisotopic (exact) mass is 414 g/mol. The summed E-state index contributed by atoms with van der Waals surface area (Å²) in [6, 6.07) is 12.5. The molecule has 0 saturated heterocycles. The number of esters is 1. The molecular weight excluding hydrogens is 388 g/mol. The van der Waals surface area contributed by atoms with E-state index in [0.717, 1.165) is 0 Å². The molecule has 0 radical (unpaired) electrons. The molecule has 160 valence electrons. The van der Waals surface area contributed by atoms with Crippen molar-refractivity contribution in [2.45, 2.75) is 19.9 Å². The van der Waals surface area contributed by atoms with Gasteiger partial charge in [0.15, 0.2) is 6.61 Å². The van der Waals surface area contributed by atoms with Crippen LogP contribution in [0.2, 0.25) is 0 Å². The maximum absolute atomic E-state index is 12.5. The standard InChI is InChI=1S/C22H26N2O6/c1-14(2)20(24-21(26)15-9-11-16(28-3)12-10-15)22(27)30-13-19(25)23-17-7-5-6-8-18(17)29-4/h5-12,14,20H,13H2,1-4H3,(H,23,25)(H,24,26)/t20-/m0/s1. The third kappa shape index (κ3) is 6.23. The van der Waals surface area contributed by atoms with E-state index in [0.29, 0.717) is 22.7 Å². The molecule has 0 bridgehead atoms. The lowest BCUT2D eigenvalue weighted by molar-refractivity contribution is -0.150. The second kappa shape index (κ2) is 10.8. The summed E-state index contributed by atoms with van der Waals surface area (Å²) in [6.07, 6.45) is 0. The Labute approximate surface area is 175 Å². The van der Waals surface area contributed by atoms with E-state index in [4.69, 9.17) is 14.2 Å². The first-order chi connectivity index (χ1) is 14.3. The van der Waals surface area contributed by atoms with E-state index < -0.39 is 30.4 Å². The number of anilines is 1. The Hall–Kier alpha value is -3.55. The van der Waals surface area contributed by atoms with Crippen LogP contribution in [-0.2, 0) is 14.3 Å². The molecule has 0 spiro atoms. The van der Waals surface area contributed by atoms with E-state index in [2.05, 4.69) is 10.6 Å². The van der Waals surface area contributed by atoms with Gasteiger partial charge in [0.2, 0.25) is 0 Å². The van der Waals surface area contributed by atoms with Crippen LogP contribution in [0.1, 0.15) is 24.2 Å². The van der Waals surface area contributed by atoms with Gasteiger partial charge in [-0.2, -0.15) is 0 Å². The fraction of sp³-hybridized carbons (Fsp3) is 0.318. The number of benzene rings is 2. The van der Waals surface area contributed by atoms with Crippen LogP contribution in [0.25, 0.3) is 0 Å². The normalized spacial score (nSPS) is 11.4. The second-order valence-electron chi connectivity index (χ2n) is 6.78. The lowest BCUT2D eigenvalue weighted by Gasteiger charge is -2.21. The Balaban J connectivity index is 1.94. The van der Waals surface area contributed by atoms with Crippen molar-refractivity contribution < 1.29 is 28.6 Å². The van der Waals surface area contributed by atoms with Gasteiger partial charge in [0.1, 0.15) is 17.5 Å². The highest BCUT2D eigenvalue weighted by Gasteiger charge is 2.27. The molecule has 0 aromatic heterocycles. The van der Waals surface area contributed by atoms with Crippen LogP contribution >= 0.6 is 0 Å². The van der Waals surface area contributed by atoms with Gasteiger partial charge in [-0.3, -0.25) is 9.59 Å². The highest BCUT2D eigenvalue weighted by atomic mass is 16.5. The first-order valence-electron chi connectivity index (χ1n) is 9.40. The molecule has 0 fully saturated rings. The Morgan fingerprint density at radius 2 is 1.60 bits per heavy atom. The van der Waals surface area contributed by atoms with Crippen LogP contribution in [0.15, 0.2) is 48.5 Å². The van der Waals surface area contributed by atoms with Crippen LogP contribution in [0.5, 0.6) is 11.5 Å². The molecule has 1 atom stereocenters. The molecule has 0 unspecified atom stereocenters. The van der Waals surface area contributed by atoms with E-state index in [1.54, 1.807) is 62.4 Å². The number of carbonyl (C=O) groups is 3. The quantitative estimate of drug-likeness (QED) is 0.612. The van der Waals surface area contributed by atoms with Gasteiger partial charge in [-0.1, -0.05) is 26.0 Å². The van der Waals surface area contributed by atoms with Crippen molar-refractivity contribution in [3.63, 3.8) is 0 Å². The van der Waals surface area contributed by atoms with Crippen LogP contribution in [0, 0.1) is 5.92 Å². The summed E-state index contributed by atoms with van der Waals surface area (Å²) < 4.78 is 15.4. The zero-order chi connectivity index (χ0) is 22.1. The third-order valence-corrected chi connectivity index (χ3v) is 4.29. The lowest BCUT2D eigenvalue weighted by Crippen LogP contribution is -2.45. The number of rotatable bonds is 9. The molecule has 2 aromatic carbocycles. The number of hydrogen-bond acceptors (Lipinski definition) is 6. The summed E-state index contributed by atoms with van der Waals surface area (Å²) in [6.45, 7) is 3.06. The molecule has 2 aromatic rings. The highest BCUT2D eigenvalue weighted by Crippen LogP contribution is 2.22. The van der Waals surface area contributed by atoms with Gasteiger partial charge in [-0.05, 0) is 42.3 Å². The van der Waals surface area contributed by atoms with Crippen LogP contribution in [-0.4, -0.2) is 44.7 Å². The van der Waals surface area contributed by atoms with Gasteiger partial charge in [0.05, 0.1) is 19.9 Å². The number of nitrogens with one attached hydrogen (secondary N) is 2. The minimum Gasteiger partial charge on any atom is -0.497 e. The SMILES string of the molecule is COc1ccc(C(=O)N[C@H](C(=O)OCC(=O)Nc2ccccc2OC)C(C)C)cc1. The van der Waals surface area contributed by atoms with E-state index in [1.807, 2.05) is 0 Å². The van der Waals surface area contributed by atoms with E-state index in [1.165, 1.54) is 14.2 Å². The van der Waals surface area contributed by atoms with Crippen LogP contribution < -0.4 is 20.1 Å². The van der Waals surface area contributed by atoms with Crippen molar-refractivity contribution in [3.05, 3.63) is 54.1 Å². The van der Waals surface area contributed by atoms with Crippen molar-refractivity contribution in [2.75, 3.05) is 26.1 Å². The first-order valence-corrected chi connectivity index (χ1v) is 9.40. The third-order valence-electron chi connectivity index (χ3n) is 4.29. The number of methoxy groups -OCH3 is 2. The average molecular weight is 414 g/mol. The number of ether oxygens (including phenoxy) is 3. The van der Waals surface area contributed by atoms with Gasteiger partial charge in [-0.25, -0.2) is 4.79 Å². The lowest BCUT2D eigenvalue weighted by atomic mass is 10.0. The maximum atomic E-state index is 12.5. The van der Waals surface area contributed by atoms with Crippen LogP contribution in [0.4, 0.5) is 5.69 Å². The molecule has 0 aliphatic heterocycles. The molecule has 2 rings (SSSR count). The van der Waals surface area contributed by atoms with E-state index in [9.17, 15) is 14.4 Å². The molecule has 30 heavy (non-hydrogen) atoms. The molecule has 0 aliphatic rings. The van der Waals surface area contributed by atoms with Gasteiger partial charge >= 0.3 is 5.97 Å². The summed E-state index contributed by atoms with van der Waals surface area (Å²) in [4.78, 5) is 37.1. The van der Waals surface area contributed by atoms with Crippen molar-refractivity contribution in [1.29, 1.82) is 0 Å². The fourth-order valence-corrected chi connectivity index (χ4v) is 2.63. The van der Waals surface area contributed by atoms with Crippen molar-refractivity contribution in [3.8, 4) is 11.5 Å². The second-order valence-corrected chi connectivity index (χ2v) is 6.78. The predicted octanol–water partition coefficient (Wildman–Crippen LogP) is 2.64. The van der Waals surface area contributed by atoms with Gasteiger partial charge in [-0.15, -0.1) is 0 Å². The molecular formula is C22H26N2O6. The number of hydrogen-bond donors (Lipinski definition) is 2. The van der Waals surface area contributed by atoms with Gasteiger partial charge in [0.25, 0.3) is 11.8 Å². The Morgan fingerprint density at radius 3 is 2.20 bits per heavy atom. The smallest absolute Gasteiger partial charge is 0.329 e. The number of carbonyl (C=O) groups excluding carboxylic acids is 3. The number of para-hydroxylation sites is 2. The van der Waals surface area contributed by atoms with Gasteiger partial charge in [0, 0.05) is 5.56 Å². The Kier molecular flexibility index (Phi) is 8.22. The summed E-state index contributed by atoms with van der Waals surface area (Å²) >= 11 is 0. The molecule has 2 N–H and O–H groups in total. The number of amides is 2. The minimum atomic E-state index is -0.904. The van der Waals surface area contributed by atoms with Crippen molar-refractivity contribution in [1.82, 2.24) is 5.32 Å². The summed E-state index contributed by atoms with van der Waals surface area (Å²) in [5.41, 5.74) is 0.845. The Bertz CT molecular complexity index is 879. The minimum absolute atomic E-state index is 0.239. The van der Waals surface area contributed by atoms with E-state index in [-0.39, 0.29) is 5.92 Å². The molecule has 0 saturated carbocycles. The maximum Gasteiger partial charge on any atom is 0.329 e. The van der Waals surface area contributed by atoms with E-state index >= 15 is 0 Å². The largest absolute Gasteiger partial charge is 0.497 e. The topological polar surface area (TPSA) is 103 Å².